The fourth-order valence-electron chi connectivity index (χ4n) is 2.80. The molecule has 0 bridgehead atoms. The van der Waals surface area contributed by atoms with Crippen LogP contribution in [0.3, 0.4) is 0 Å². The van der Waals surface area contributed by atoms with Crippen LogP contribution in [0.5, 0.6) is 0 Å². The largest absolute Gasteiger partial charge is 0.371 e. The van der Waals surface area contributed by atoms with Gasteiger partial charge in [-0.1, -0.05) is 18.2 Å². The standard InChI is InChI=1S/C16H22N4/c1-19-12-9-18-16(19)13-17-8-4-10-20-11-7-14-5-2-3-6-15(14)20/h2-3,5-6,9,12,17H,4,7-8,10-11,13H2,1H3. The molecule has 0 fully saturated rings. The first-order valence-electron chi connectivity index (χ1n) is 7.34. The lowest BCUT2D eigenvalue weighted by atomic mass is 10.2. The highest BCUT2D eigenvalue weighted by Gasteiger charge is 2.17. The summed E-state index contributed by atoms with van der Waals surface area (Å²) >= 11 is 0. The predicted molar refractivity (Wildman–Crippen MR) is 81.9 cm³/mol. The summed E-state index contributed by atoms with van der Waals surface area (Å²) < 4.78 is 2.06. The van der Waals surface area contributed by atoms with Crippen LogP contribution in [0.4, 0.5) is 5.69 Å². The molecule has 0 radical (unpaired) electrons. The number of nitrogens with one attached hydrogen (secondary N) is 1. The molecule has 4 heteroatoms. The van der Waals surface area contributed by atoms with Crippen LogP contribution in [0.25, 0.3) is 0 Å². The molecule has 1 aliphatic rings. The number of aromatic nitrogens is 2. The number of fused-ring (bicyclic) bond motifs is 1. The van der Waals surface area contributed by atoms with Gasteiger partial charge in [-0.05, 0) is 31.0 Å². The zero-order valence-electron chi connectivity index (χ0n) is 12.0. The van der Waals surface area contributed by atoms with Gasteiger partial charge in [-0.3, -0.25) is 0 Å². The van der Waals surface area contributed by atoms with E-state index < -0.39 is 0 Å². The highest BCUT2D eigenvalue weighted by atomic mass is 15.1. The highest BCUT2D eigenvalue weighted by Crippen LogP contribution is 2.27. The molecular formula is C16H22N4. The molecule has 0 saturated carbocycles. The second-order valence-corrected chi connectivity index (χ2v) is 5.35. The van der Waals surface area contributed by atoms with Crippen LogP contribution in [0.15, 0.2) is 36.7 Å². The second-order valence-electron chi connectivity index (χ2n) is 5.35. The van der Waals surface area contributed by atoms with E-state index in [1.54, 1.807) is 0 Å². The Morgan fingerprint density at radius 3 is 3.05 bits per heavy atom. The van der Waals surface area contributed by atoms with Crippen LogP contribution in [-0.2, 0) is 20.0 Å². The first kappa shape index (κ1) is 13.2. The molecule has 0 spiro atoms. The van der Waals surface area contributed by atoms with Crippen molar-refractivity contribution < 1.29 is 0 Å². The fourth-order valence-corrected chi connectivity index (χ4v) is 2.80. The van der Waals surface area contributed by atoms with Crippen LogP contribution < -0.4 is 10.2 Å². The normalized spacial score (nSPS) is 13.8. The van der Waals surface area contributed by atoms with E-state index in [4.69, 9.17) is 0 Å². The van der Waals surface area contributed by atoms with Crippen molar-refractivity contribution in [2.45, 2.75) is 19.4 Å². The highest BCUT2D eigenvalue weighted by molar-refractivity contribution is 5.57. The van der Waals surface area contributed by atoms with Crippen LogP contribution in [-0.4, -0.2) is 29.2 Å². The maximum Gasteiger partial charge on any atom is 0.122 e. The van der Waals surface area contributed by atoms with E-state index in [9.17, 15) is 0 Å². The minimum atomic E-state index is 0.847. The number of aryl methyl sites for hydroxylation is 1. The first-order valence-corrected chi connectivity index (χ1v) is 7.34. The second kappa shape index (κ2) is 6.09. The number of para-hydroxylation sites is 1. The van der Waals surface area contributed by atoms with E-state index in [1.165, 1.54) is 30.6 Å². The van der Waals surface area contributed by atoms with Crippen molar-refractivity contribution in [3.8, 4) is 0 Å². The minimum Gasteiger partial charge on any atom is -0.371 e. The Hall–Kier alpha value is -1.81. The van der Waals surface area contributed by atoms with Gasteiger partial charge in [-0.2, -0.15) is 0 Å². The Morgan fingerprint density at radius 2 is 2.20 bits per heavy atom. The number of benzene rings is 1. The zero-order chi connectivity index (χ0) is 13.8. The Balaban J connectivity index is 1.40. The molecule has 20 heavy (non-hydrogen) atoms. The topological polar surface area (TPSA) is 33.1 Å². The lowest BCUT2D eigenvalue weighted by Crippen LogP contribution is -2.26. The molecule has 0 amide bonds. The number of nitrogens with zero attached hydrogens (tertiary/aromatic N) is 3. The lowest BCUT2D eigenvalue weighted by Gasteiger charge is -2.19. The minimum absolute atomic E-state index is 0.847. The number of rotatable bonds is 6. The van der Waals surface area contributed by atoms with E-state index in [0.717, 1.165) is 25.5 Å². The van der Waals surface area contributed by atoms with Gasteiger partial charge in [0.15, 0.2) is 0 Å². The summed E-state index contributed by atoms with van der Waals surface area (Å²) in [5.74, 6) is 1.09. The quantitative estimate of drug-likeness (QED) is 0.815. The van der Waals surface area contributed by atoms with Gasteiger partial charge in [0.05, 0.1) is 6.54 Å². The van der Waals surface area contributed by atoms with Gasteiger partial charge in [0.1, 0.15) is 5.82 Å². The summed E-state index contributed by atoms with van der Waals surface area (Å²) in [5.41, 5.74) is 2.92. The van der Waals surface area contributed by atoms with Gasteiger partial charge in [0, 0.05) is 38.2 Å². The number of hydrogen-bond acceptors (Lipinski definition) is 3. The fraction of sp³-hybridized carbons (Fsp3) is 0.438. The molecular weight excluding hydrogens is 248 g/mol. The van der Waals surface area contributed by atoms with E-state index in [1.807, 2.05) is 19.4 Å². The third-order valence-corrected chi connectivity index (χ3v) is 3.97. The van der Waals surface area contributed by atoms with Crippen LogP contribution in [0.1, 0.15) is 17.8 Å². The van der Waals surface area contributed by atoms with E-state index >= 15 is 0 Å². The first-order chi connectivity index (χ1) is 9.84. The van der Waals surface area contributed by atoms with Crippen molar-refractivity contribution in [2.75, 3.05) is 24.5 Å². The molecule has 4 nitrogen and oxygen atoms in total. The molecule has 0 atom stereocenters. The Bertz CT molecular complexity index is 561. The van der Waals surface area contributed by atoms with Gasteiger partial charge in [-0.15, -0.1) is 0 Å². The maximum absolute atomic E-state index is 4.31. The molecule has 0 saturated heterocycles. The van der Waals surface area contributed by atoms with Crippen molar-refractivity contribution in [1.82, 2.24) is 14.9 Å². The number of anilines is 1. The monoisotopic (exact) mass is 270 g/mol. The molecule has 1 aromatic heterocycles. The number of imidazole rings is 1. The molecule has 2 heterocycles. The van der Waals surface area contributed by atoms with Crippen molar-refractivity contribution in [2.24, 2.45) is 7.05 Å². The van der Waals surface area contributed by atoms with Crippen LogP contribution >= 0.6 is 0 Å². The third-order valence-electron chi connectivity index (χ3n) is 3.97. The Kier molecular flexibility index (Phi) is 4.02. The van der Waals surface area contributed by atoms with Crippen LogP contribution in [0.2, 0.25) is 0 Å². The summed E-state index contributed by atoms with van der Waals surface area (Å²) in [6, 6.07) is 8.76. The molecule has 0 aliphatic carbocycles. The van der Waals surface area contributed by atoms with Crippen LogP contribution in [0, 0.1) is 0 Å². The van der Waals surface area contributed by atoms with Crippen molar-refractivity contribution in [3.05, 3.63) is 48.0 Å². The van der Waals surface area contributed by atoms with Crippen molar-refractivity contribution >= 4 is 5.69 Å². The number of hydrogen-bond donors (Lipinski definition) is 1. The van der Waals surface area contributed by atoms with Crippen molar-refractivity contribution in [3.63, 3.8) is 0 Å². The zero-order valence-corrected chi connectivity index (χ0v) is 12.0. The molecule has 2 aromatic rings. The third kappa shape index (κ3) is 2.85. The van der Waals surface area contributed by atoms with Gasteiger partial charge in [0.2, 0.25) is 0 Å². The molecule has 1 N–H and O–H groups in total. The van der Waals surface area contributed by atoms with E-state index in [0.29, 0.717) is 0 Å². The summed E-state index contributed by atoms with van der Waals surface area (Å²) in [7, 11) is 2.03. The summed E-state index contributed by atoms with van der Waals surface area (Å²) in [4.78, 5) is 6.81. The average molecular weight is 270 g/mol. The molecule has 3 rings (SSSR count). The van der Waals surface area contributed by atoms with E-state index in [2.05, 4.69) is 44.0 Å². The summed E-state index contributed by atoms with van der Waals surface area (Å²) in [6.45, 7) is 4.18. The van der Waals surface area contributed by atoms with Gasteiger partial charge in [0.25, 0.3) is 0 Å². The van der Waals surface area contributed by atoms with E-state index in [-0.39, 0.29) is 0 Å². The SMILES string of the molecule is Cn1ccnc1CNCCCN1CCc2ccccc21. The molecule has 106 valence electrons. The van der Waals surface area contributed by atoms with Gasteiger partial charge < -0.3 is 14.8 Å². The predicted octanol–water partition coefficient (Wildman–Crippen LogP) is 1.96. The van der Waals surface area contributed by atoms with Gasteiger partial charge >= 0.3 is 0 Å². The Labute approximate surface area is 120 Å². The molecule has 0 unspecified atom stereocenters. The van der Waals surface area contributed by atoms with Crippen molar-refractivity contribution in [1.29, 1.82) is 0 Å². The maximum atomic E-state index is 4.31. The summed E-state index contributed by atoms with van der Waals surface area (Å²) in [6.07, 6.45) is 6.19. The average Bonchev–Trinajstić information content (AvgIpc) is 3.06. The summed E-state index contributed by atoms with van der Waals surface area (Å²) in [5, 5.41) is 3.47. The lowest BCUT2D eigenvalue weighted by molar-refractivity contribution is 0.608. The Morgan fingerprint density at radius 1 is 1.30 bits per heavy atom. The smallest absolute Gasteiger partial charge is 0.122 e. The molecule has 1 aromatic carbocycles. The molecule has 1 aliphatic heterocycles. The van der Waals surface area contributed by atoms with Gasteiger partial charge in [-0.25, -0.2) is 4.98 Å².